The zero-order chi connectivity index (χ0) is 28.8. The first-order valence-electron chi connectivity index (χ1n) is 14.2. The highest BCUT2D eigenvalue weighted by molar-refractivity contribution is 7.84. The zero-order valence-corrected chi connectivity index (χ0v) is 24.8. The Balaban J connectivity index is 1.25. The molecule has 6 rings (SSSR count). The molecule has 3 fully saturated rings. The average Bonchev–Trinajstić information content (AvgIpc) is 3.52. The molecule has 3 aliphatic rings. The van der Waals surface area contributed by atoms with E-state index in [1.54, 1.807) is 12.1 Å². The van der Waals surface area contributed by atoms with E-state index in [2.05, 4.69) is 20.7 Å². The molecule has 10 heteroatoms. The second kappa shape index (κ2) is 10.8. The fourth-order valence-corrected chi connectivity index (χ4v) is 6.86. The van der Waals surface area contributed by atoms with Crippen molar-refractivity contribution in [1.82, 2.24) is 19.7 Å². The van der Waals surface area contributed by atoms with Crippen molar-refractivity contribution in [2.24, 2.45) is 0 Å². The maximum absolute atomic E-state index is 12.8. The van der Waals surface area contributed by atoms with E-state index in [4.69, 9.17) is 19.4 Å². The minimum absolute atomic E-state index is 0.367. The Kier molecular flexibility index (Phi) is 7.30. The van der Waals surface area contributed by atoms with Gasteiger partial charge in [-0.25, -0.2) is 13.9 Å². The molecule has 2 bridgehead atoms. The van der Waals surface area contributed by atoms with E-state index in [9.17, 15) is 9.47 Å². The maximum Gasteiger partial charge on any atom is 0.224 e. The van der Waals surface area contributed by atoms with E-state index >= 15 is 0 Å². The Morgan fingerprint density at radius 1 is 1.12 bits per heavy atom. The normalized spacial score (nSPS) is 21.8. The van der Waals surface area contributed by atoms with Crippen molar-refractivity contribution < 1.29 is 13.7 Å². The molecule has 3 aliphatic heterocycles. The van der Waals surface area contributed by atoms with Gasteiger partial charge in [-0.1, -0.05) is 6.07 Å². The first-order chi connectivity index (χ1) is 19.6. The van der Waals surface area contributed by atoms with Crippen LogP contribution in [-0.2, 0) is 22.1 Å². The van der Waals surface area contributed by atoms with Crippen LogP contribution in [0.3, 0.4) is 0 Å². The summed E-state index contributed by atoms with van der Waals surface area (Å²) in [5.41, 5.74) is 2.63. The number of nitrogens with zero attached hydrogens (tertiary/aromatic N) is 5. The van der Waals surface area contributed by atoms with Crippen molar-refractivity contribution in [3.8, 4) is 29.0 Å². The fraction of sp³-hybridized carbons (Fsp3) is 0.484. The Morgan fingerprint density at radius 2 is 1.85 bits per heavy atom. The van der Waals surface area contributed by atoms with Gasteiger partial charge in [-0.15, -0.1) is 0 Å². The molecule has 3 aromatic rings. The highest BCUT2D eigenvalue weighted by atomic mass is 32.2. The van der Waals surface area contributed by atoms with Gasteiger partial charge in [-0.2, -0.15) is 10.2 Å². The molecular formula is C31H36N6O3S. The summed E-state index contributed by atoms with van der Waals surface area (Å²) in [5, 5.41) is 9.58. The highest BCUT2D eigenvalue weighted by Gasteiger charge is 2.42. The predicted molar refractivity (Wildman–Crippen MR) is 158 cm³/mol. The molecule has 0 radical (unpaired) electrons. The molecule has 41 heavy (non-hydrogen) atoms. The van der Waals surface area contributed by atoms with Crippen LogP contribution < -0.4 is 14.4 Å². The summed E-state index contributed by atoms with van der Waals surface area (Å²) in [6.07, 6.45) is 7.32. The number of ether oxygens (including phenoxy) is 2. The minimum Gasteiger partial charge on any atom is -0.438 e. The molecule has 5 heterocycles. The number of hydrogen-bond donors (Lipinski definition) is 1. The SMILES string of the molecule is Cc1nc(Oc2cc(C#N)ccc2-c2ccc(CC3(NS(=O)C(C)(C)C)COC3)cn2)cc(N2C3CCC2CC3)n1. The lowest BCUT2D eigenvalue weighted by atomic mass is 9.90. The molecule has 3 saturated heterocycles. The van der Waals surface area contributed by atoms with Gasteiger partial charge in [0.05, 0.1) is 51.8 Å². The molecule has 0 aliphatic carbocycles. The largest absolute Gasteiger partial charge is 0.438 e. The van der Waals surface area contributed by atoms with Crippen molar-refractivity contribution in [2.45, 2.75) is 82.2 Å². The summed E-state index contributed by atoms with van der Waals surface area (Å²) in [4.78, 5) is 16.5. The van der Waals surface area contributed by atoms with Crippen LogP contribution >= 0.6 is 0 Å². The van der Waals surface area contributed by atoms with E-state index < -0.39 is 11.0 Å². The Labute approximate surface area is 243 Å². The molecule has 214 valence electrons. The van der Waals surface area contributed by atoms with Gasteiger partial charge in [-0.05, 0) is 89.6 Å². The summed E-state index contributed by atoms with van der Waals surface area (Å²) >= 11 is 0. The van der Waals surface area contributed by atoms with E-state index in [1.807, 2.05) is 58.2 Å². The second-order valence-electron chi connectivity index (χ2n) is 12.4. The van der Waals surface area contributed by atoms with Gasteiger partial charge in [0.25, 0.3) is 0 Å². The summed E-state index contributed by atoms with van der Waals surface area (Å²) in [6, 6.07) is 14.5. The van der Waals surface area contributed by atoms with Crippen LogP contribution in [0.15, 0.2) is 42.6 Å². The van der Waals surface area contributed by atoms with Crippen LogP contribution in [0.1, 0.15) is 63.4 Å². The lowest BCUT2D eigenvalue weighted by molar-refractivity contribution is -0.0617. The van der Waals surface area contributed by atoms with Crippen LogP contribution in [0.4, 0.5) is 5.82 Å². The van der Waals surface area contributed by atoms with Crippen LogP contribution in [0.25, 0.3) is 11.3 Å². The topological polar surface area (TPSA) is 113 Å². The van der Waals surface area contributed by atoms with Crippen molar-refractivity contribution in [3.63, 3.8) is 0 Å². The predicted octanol–water partition coefficient (Wildman–Crippen LogP) is 5.01. The number of rotatable bonds is 8. The molecule has 1 N–H and O–H groups in total. The second-order valence-corrected chi connectivity index (χ2v) is 14.4. The van der Waals surface area contributed by atoms with Crippen LogP contribution in [0.5, 0.6) is 11.6 Å². The van der Waals surface area contributed by atoms with Crippen LogP contribution in [-0.4, -0.2) is 54.7 Å². The third-order valence-electron chi connectivity index (χ3n) is 8.11. The van der Waals surface area contributed by atoms with Gasteiger partial charge in [-0.3, -0.25) is 4.98 Å². The molecular weight excluding hydrogens is 536 g/mol. The van der Waals surface area contributed by atoms with Crippen molar-refractivity contribution in [3.05, 3.63) is 59.5 Å². The minimum atomic E-state index is -1.20. The third kappa shape index (κ3) is 5.71. The zero-order valence-electron chi connectivity index (χ0n) is 24.0. The van der Waals surface area contributed by atoms with Gasteiger partial charge in [0, 0.05) is 29.9 Å². The number of hydrogen-bond acceptors (Lipinski definition) is 8. The quantitative estimate of drug-likeness (QED) is 0.401. The van der Waals surface area contributed by atoms with Crippen LogP contribution in [0.2, 0.25) is 0 Å². The first kappa shape index (κ1) is 27.8. The number of nitrogens with one attached hydrogen (secondary N) is 1. The smallest absolute Gasteiger partial charge is 0.224 e. The lowest BCUT2D eigenvalue weighted by Gasteiger charge is -2.43. The molecule has 2 aromatic heterocycles. The van der Waals surface area contributed by atoms with Gasteiger partial charge < -0.3 is 14.4 Å². The maximum atomic E-state index is 12.8. The number of aryl methyl sites for hydroxylation is 1. The first-order valence-corrected chi connectivity index (χ1v) is 15.4. The Hall–Kier alpha value is -3.39. The van der Waals surface area contributed by atoms with E-state index in [0.29, 0.717) is 54.7 Å². The van der Waals surface area contributed by atoms with Gasteiger partial charge in [0.15, 0.2) is 0 Å². The van der Waals surface area contributed by atoms with Gasteiger partial charge in [0.2, 0.25) is 5.88 Å². The summed E-state index contributed by atoms with van der Waals surface area (Å²) in [5.74, 6) is 2.53. The van der Waals surface area contributed by atoms with E-state index in [-0.39, 0.29) is 10.3 Å². The third-order valence-corrected chi connectivity index (χ3v) is 9.84. The monoisotopic (exact) mass is 572 g/mol. The fourth-order valence-electron chi connectivity index (χ4n) is 5.97. The summed E-state index contributed by atoms with van der Waals surface area (Å²) in [6.45, 7) is 8.75. The average molecular weight is 573 g/mol. The van der Waals surface area contributed by atoms with E-state index in [1.165, 1.54) is 25.7 Å². The van der Waals surface area contributed by atoms with Crippen LogP contribution in [0, 0.1) is 18.3 Å². The Bertz CT molecular complexity index is 1490. The number of aromatic nitrogens is 3. The standard InChI is InChI=1S/C31H36N6O3S/c1-20-34-28(37-23-7-8-24(37)10-9-23)14-29(35-20)40-27-13-21(16-32)5-11-25(27)26-12-6-22(17-33-26)15-31(18-39-19-31)36-41(38)30(2,3)4/h5-6,11-14,17,23-24,36H,7-10,15,18-19H2,1-4H3. The number of anilines is 1. The molecule has 1 unspecified atom stereocenters. The number of fused-ring (bicyclic) bond motifs is 2. The highest BCUT2D eigenvalue weighted by Crippen LogP contribution is 2.41. The summed E-state index contributed by atoms with van der Waals surface area (Å²) in [7, 11) is -1.20. The number of pyridine rings is 1. The molecule has 0 saturated carbocycles. The van der Waals surface area contributed by atoms with Crippen molar-refractivity contribution in [1.29, 1.82) is 5.26 Å². The number of benzene rings is 1. The lowest BCUT2D eigenvalue weighted by Crippen LogP contribution is -2.63. The molecule has 9 nitrogen and oxygen atoms in total. The van der Waals surface area contributed by atoms with Gasteiger partial charge >= 0.3 is 0 Å². The van der Waals surface area contributed by atoms with Gasteiger partial charge in [0.1, 0.15) is 17.4 Å². The van der Waals surface area contributed by atoms with Crippen molar-refractivity contribution >= 4 is 16.8 Å². The molecule has 0 amide bonds. The molecule has 0 spiro atoms. The van der Waals surface area contributed by atoms with E-state index in [0.717, 1.165) is 22.6 Å². The summed E-state index contributed by atoms with van der Waals surface area (Å²) < 4.78 is 27.6. The van der Waals surface area contributed by atoms with Crippen molar-refractivity contribution in [2.75, 3.05) is 18.1 Å². The number of nitriles is 1. The Morgan fingerprint density at radius 3 is 2.44 bits per heavy atom. The molecule has 1 aromatic carbocycles. The molecule has 1 atom stereocenters.